The van der Waals surface area contributed by atoms with Crippen LogP contribution >= 0.6 is 11.6 Å². The van der Waals surface area contributed by atoms with Crippen molar-refractivity contribution < 1.29 is 19.1 Å². The number of nitrogens with zero attached hydrogens (tertiary/aromatic N) is 1. The average Bonchev–Trinajstić information content (AvgIpc) is 2.59. The number of anilines is 1. The lowest BCUT2D eigenvalue weighted by atomic mass is 10.2. The van der Waals surface area contributed by atoms with Crippen molar-refractivity contribution in [2.75, 3.05) is 51.8 Å². The van der Waals surface area contributed by atoms with E-state index in [0.29, 0.717) is 12.2 Å². The third kappa shape index (κ3) is 5.67. The van der Waals surface area contributed by atoms with Gasteiger partial charge in [0.1, 0.15) is 0 Å². The maximum atomic E-state index is 11.9. The van der Waals surface area contributed by atoms with Crippen LogP contribution in [0, 0.1) is 0 Å². The van der Waals surface area contributed by atoms with Gasteiger partial charge in [0.25, 0.3) is 0 Å². The zero-order valence-electron chi connectivity index (χ0n) is 13.6. The van der Waals surface area contributed by atoms with Crippen LogP contribution in [-0.4, -0.2) is 63.4 Å². The Bertz CT molecular complexity index is 576. The van der Waals surface area contributed by atoms with Gasteiger partial charge in [0, 0.05) is 25.3 Å². The molecular formula is C16H22ClN3O4. The fraction of sp³-hybridized carbons (Fsp3) is 0.500. The second-order valence-corrected chi connectivity index (χ2v) is 5.78. The predicted octanol–water partition coefficient (Wildman–Crippen LogP) is 1.97. The summed E-state index contributed by atoms with van der Waals surface area (Å²) in [4.78, 5) is 25.6. The third-order valence-electron chi connectivity index (χ3n) is 3.67. The van der Waals surface area contributed by atoms with Crippen molar-refractivity contribution in [3.63, 3.8) is 0 Å². The Morgan fingerprint density at radius 1 is 1.33 bits per heavy atom. The van der Waals surface area contributed by atoms with Gasteiger partial charge < -0.3 is 20.1 Å². The quantitative estimate of drug-likeness (QED) is 0.602. The lowest BCUT2D eigenvalue weighted by molar-refractivity contribution is 0.0375. The molecule has 0 saturated carbocycles. The SMILES string of the molecule is COC(=O)c1ccc(NC(=O)NCCCN2CCOCC2)cc1Cl. The van der Waals surface area contributed by atoms with Gasteiger partial charge in [-0.05, 0) is 31.2 Å². The molecule has 8 heteroatoms. The number of ether oxygens (including phenoxy) is 2. The van der Waals surface area contributed by atoms with E-state index in [1.54, 1.807) is 6.07 Å². The number of urea groups is 1. The van der Waals surface area contributed by atoms with Crippen LogP contribution in [0.2, 0.25) is 5.02 Å². The highest BCUT2D eigenvalue weighted by atomic mass is 35.5. The van der Waals surface area contributed by atoms with Crippen LogP contribution in [0.3, 0.4) is 0 Å². The number of carbonyl (C=O) groups excluding carboxylic acids is 2. The minimum absolute atomic E-state index is 0.229. The molecule has 2 rings (SSSR count). The summed E-state index contributed by atoms with van der Waals surface area (Å²) >= 11 is 6.01. The number of nitrogens with one attached hydrogen (secondary N) is 2. The Morgan fingerprint density at radius 3 is 2.75 bits per heavy atom. The van der Waals surface area contributed by atoms with Gasteiger partial charge in [-0.25, -0.2) is 9.59 Å². The first kappa shape index (κ1) is 18.5. The minimum atomic E-state index is -0.515. The second kappa shape index (κ2) is 9.46. The first-order valence-electron chi connectivity index (χ1n) is 7.83. The molecule has 1 saturated heterocycles. The highest BCUT2D eigenvalue weighted by Gasteiger charge is 2.12. The van der Waals surface area contributed by atoms with Crippen molar-refractivity contribution in [3.8, 4) is 0 Å². The summed E-state index contributed by atoms with van der Waals surface area (Å²) in [7, 11) is 1.29. The number of hydrogen-bond acceptors (Lipinski definition) is 5. The maximum absolute atomic E-state index is 11.9. The molecule has 0 aromatic heterocycles. The van der Waals surface area contributed by atoms with E-state index < -0.39 is 5.97 Å². The number of benzene rings is 1. The molecule has 0 bridgehead atoms. The van der Waals surface area contributed by atoms with E-state index in [0.717, 1.165) is 39.3 Å². The van der Waals surface area contributed by atoms with Gasteiger partial charge in [-0.1, -0.05) is 11.6 Å². The van der Waals surface area contributed by atoms with Crippen LogP contribution in [0.25, 0.3) is 0 Å². The van der Waals surface area contributed by atoms with Crippen LogP contribution < -0.4 is 10.6 Å². The van der Waals surface area contributed by atoms with E-state index >= 15 is 0 Å². The van der Waals surface area contributed by atoms with Crippen molar-refractivity contribution in [2.24, 2.45) is 0 Å². The molecule has 0 spiro atoms. The maximum Gasteiger partial charge on any atom is 0.339 e. The average molecular weight is 356 g/mol. The highest BCUT2D eigenvalue weighted by molar-refractivity contribution is 6.33. The van der Waals surface area contributed by atoms with Gasteiger partial charge >= 0.3 is 12.0 Å². The zero-order valence-corrected chi connectivity index (χ0v) is 14.4. The summed E-state index contributed by atoms with van der Waals surface area (Å²) in [5.41, 5.74) is 0.772. The number of rotatable bonds is 6. The number of halogens is 1. The molecule has 1 aliphatic heterocycles. The molecule has 1 aromatic carbocycles. The molecular weight excluding hydrogens is 334 g/mol. The van der Waals surface area contributed by atoms with Crippen molar-refractivity contribution >= 4 is 29.3 Å². The van der Waals surface area contributed by atoms with Gasteiger partial charge in [0.2, 0.25) is 0 Å². The molecule has 0 radical (unpaired) electrons. The lowest BCUT2D eigenvalue weighted by Gasteiger charge is -2.26. The van der Waals surface area contributed by atoms with Gasteiger partial charge in [-0.3, -0.25) is 4.90 Å². The fourth-order valence-electron chi connectivity index (χ4n) is 2.37. The molecule has 1 aliphatic rings. The van der Waals surface area contributed by atoms with E-state index in [9.17, 15) is 9.59 Å². The first-order chi connectivity index (χ1) is 11.6. The highest BCUT2D eigenvalue weighted by Crippen LogP contribution is 2.21. The first-order valence-corrected chi connectivity index (χ1v) is 8.21. The molecule has 0 unspecified atom stereocenters. The zero-order chi connectivity index (χ0) is 17.4. The van der Waals surface area contributed by atoms with Crippen LogP contribution in [0.15, 0.2) is 18.2 Å². The normalized spacial score (nSPS) is 14.9. The van der Waals surface area contributed by atoms with E-state index in [-0.39, 0.29) is 16.6 Å². The Kier molecular flexibility index (Phi) is 7.30. The van der Waals surface area contributed by atoms with Gasteiger partial charge in [0.05, 0.1) is 30.9 Å². The minimum Gasteiger partial charge on any atom is -0.465 e. The predicted molar refractivity (Wildman–Crippen MR) is 91.7 cm³/mol. The molecule has 24 heavy (non-hydrogen) atoms. The van der Waals surface area contributed by atoms with Crippen LogP contribution in [0.5, 0.6) is 0 Å². The molecule has 1 heterocycles. The molecule has 1 fully saturated rings. The second-order valence-electron chi connectivity index (χ2n) is 5.37. The molecule has 1 aromatic rings. The van der Waals surface area contributed by atoms with Crippen molar-refractivity contribution in [1.29, 1.82) is 0 Å². The number of hydrogen-bond donors (Lipinski definition) is 2. The fourth-order valence-corrected chi connectivity index (χ4v) is 2.63. The number of morpholine rings is 1. The Morgan fingerprint density at radius 2 is 2.08 bits per heavy atom. The summed E-state index contributed by atoms with van der Waals surface area (Å²) < 4.78 is 9.91. The molecule has 0 aliphatic carbocycles. The van der Waals surface area contributed by atoms with Crippen LogP contribution in [0.4, 0.5) is 10.5 Å². The lowest BCUT2D eigenvalue weighted by Crippen LogP contribution is -2.38. The van der Waals surface area contributed by atoms with E-state index in [1.165, 1.54) is 19.2 Å². The largest absolute Gasteiger partial charge is 0.465 e. The number of esters is 1. The van der Waals surface area contributed by atoms with Crippen molar-refractivity contribution in [1.82, 2.24) is 10.2 Å². The summed E-state index contributed by atoms with van der Waals surface area (Å²) in [6.45, 7) is 4.95. The summed E-state index contributed by atoms with van der Waals surface area (Å²) in [5, 5.41) is 5.71. The smallest absolute Gasteiger partial charge is 0.339 e. The van der Waals surface area contributed by atoms with Crippen molar-refractivity contribution in [3.05, 3.63) is 28.8 Å². The van der Waals surface area contributed by atoms with E-state index in [2.05, 4.69) is 20.3 Å². The Balaban J connectivity index is 1.71. The number of amides is 2. The monoisotopic (exact) mass is 355 g/mol. The number of carbonyl (C=O) groups is 2. The molecule has 7 nitrogen and oxygen atoms in total. The molecule has 132 valence electrons. The molecule has 2 amide bonds. The van der Waals surface area contributed by atoms with Gasteiger partial charge in [0.15, 0.2) is 0 Å². The van der Waals surface area contributed by atoms with E-state index in [1.807, 2.05) is 0 Å². The number of methoxy groups -OCH3 is 1. The van der Waals surface area contributed by atoms with Crippen molar-refractivity contribution in [2.45, 2.75) is 6.42 Å². The van der Waals surface area contributed by atoms with Gasteiger partial charge in [-0.2, -0.15) is 0 Å². The Labute approximate surface area is 146 Å². The standard InChI is InChI=1S/C16H22ClN3O4/c1-23-15(21)13-4-3-12(11-14(13)17)19-16(22)18-5-2-6-20-7-9-24-10-8-20/h3-4,11H,2,5-10H2,1H3,(H2,18,19,22). The summed E-state index contributed by atoms with van der Waals surface area (Å²) in [6, 6.07) is 4.33. The van der Waals surface area contributed by atoms with E-state index in [4.69, 9.17) is 16.3 Å². The molecule has 2 N–H and O–H groups in total. The van der Waals surface area contributed by atoms with Gasteiger partial charge in [-0.15, -0.1) is 0 Å². The van der Waals surface area contributed by atoms with Crippen LogP contribution in [-0.2, 0) is 9.47 Å². The summed E-state index contributed by atoms with van der Waals surface area (Å²) in [6.07, 6.45) is 0.870. The molecule has 0 atom stereocenters. The Hall–Kier alpha value is -1.83. The topological polar surface area (TPSA) is 79.9 Å². The third-order valence-corrected chi connectivity index (χ3v) is 3.99. The van der Waals surface area contributed by atoms with Crippen LogP contribution in [0.1, 0.15) is 16.8 Å². The summed E-state index contributed by atoms with van der Waals surface area (Å²) in [5.74, 6) is -0.515.